The molecule has 0 saturated carbocycles. The molecular formula is C36H48FN5O6S. The molecule has 5 N–H and O–H groups in total. The van der Waals surface area contributed by atoms with Crippen LogP contribution in [0.2, 0.25) is 0 Å². The molecule has 266 valence electrons. The van der Waals surface area contributed by atoms with Gasteiger partial charge >= 0.3 is 0 Å². The van der Waals surface area contributed by atoms with Gasteiger partial charge in [-0.2, -0.15) is 4.31 Å². The van der Waals surface area contributed by atoms with E-state index in [4.69, 9.17) is 5.21 Å². The predicted octanol–water partition coefficient (Wildman–Crippen LogP) is 3.69. The van der Waals surface area contributed by atoms with Crippen LogP contribution in [0.5, 0.6) is 0 Å². The van der Waals surface area contributed by atoms with E-state index in [9.17, 15) is 27.5 Å². The first-order valence-corrected chi connectivity index (χ1v) is 17.8. The first kappa shape index (κ1) is 39.3. The molecule has 3 aromatic carbocycles. The molecule has 0 radical (unpaired) electrons. The Labute approximate surface area is 288 Å². The Balaban J connectivity index is 1.81. The standard InChI is InChI=1S/C36H48FN5O6S/c1-5-26(4)35(41-34(44)22-38-20-29-12-9-13-30(37)18-29)36(45)40-32(19-27-10-7-6-8-11-27)33(43)24-42(23-25(2)3)49(47,48)31-16-14-28(15-17-31)21-39-46/h6-18,21,25-26,32-33,35,38,43,46H,5,19-20,22-24H2,1-4H3,(H,40,45)(H,41,44)/b39-21+/t26?,32-,33+,35?/m0/s1. The number of hydrogen-bond donors (Lipinski definition) is 5. The fourth-order valence-electron chi connectivity index (χ4n) is 5.27. The topological polar surface area (TPSA) is 160 Å². The molecule has 13 heteroatoms. The number of aliphatic hydroxyl groups excluding tert-OH is 1. The maximum atomic E-state index is 13.8. The fourth-order valence-corrected chi connectivity index (χ4v) is 6.89. The van der Waals surface area contributed by atoms with Gasteiger partial charge in [-0.3, -0.25) is 9.59 Å². The van der Waals surface area contributed by atoms with Crippen LogP contribution >= 0.6 is 0 Å². The molecule has 49 heavy (non-hydrogen) atoms. The van der Waals surface area contributed by atoms with E-state index >= 15 is 0 Å². The van der Waals surface area contributed by atoms with Gasteiger partial charge < -0.3 is 26.3 Å². The van der Waals surface area contributed by atoms with Gasteiger partial charge in [0.1, 0.15) is 11.9 Å². The summed E-state index contributed by atoms with van der Waals surface area (Å²) in [6, 6.07) is 19.2. The molecular weight excluding hydrogens is 649 g/mol. The fraction of sp³-hybridized carbons (Fsp3) is 0.417. The molecule has 11 nitrogen and oxygen atoms in total. The Morgan fingerprint density at radius 3 is 2.22 bits per heavy atom. The van der Waals surface area contributed by atoms with Gasteiger partial charge in [-0.05, 0) is 59.2 Å². The van der Waals surface area contributed by atoms with Crippen molar-refractivity contribution in [1.82, 2.24) is 20.3 Å². The second-order valence-electron chi connectivity index (χ2n) is 12.6. The van der Waals surface area contributed by atoms with Crippen LogP contribution in [0.15, 0.2) is 88.9 Å². The largest absolute Gasteiger partial charge is 0.411 e. The van der Waals surface area contributed by atoms with E-state index in [1.807, 2.05) is 58.0 Å². The Bertz CT molecular complexity index is 1620. The Hall–Kier alpha value is -4.17. The number of nitrogens with zero attached hydrogens (tertiary/aromatic N) is 2. The quantitative estimate of drug-likeness (QED) is 0.0726. The highest BCUT2D eigenvalue weighted by atomic mass is 32.2. The van der Waals surface area contributed by atoms with E-state index in [-0.39, 0.29) is 55.1 Å². The molecule has 0 fully saturated rings. The van der Waals surface area contributed by atoms with Crippen molar-refractivity contribution in [2.75, 3.05) is 19.6 Å². The smallest absolute Gasteiger partial charge is 0.243 e. The number of carbonyl (C=O) groups is 2. The lowest BCUT2D eigenvalue weighted by atomic mass is 9.96. The number of halogens is 1. The molecule has 2 unspecified atom stereocenters. The summed E-state index contributed by atoms with van der Waals surface area (Å²) in [5.41, 5.74) is 1.99. The minimum Gasteiger partial charge on any atom is -0.411 e. The first-order valence-electron chi connectivity index (χ1n) is 16.4. The van der Waals surface area contributed by atoms with E-state index in [1.165, 1.54) is 46.9 Å². The van der Waals surface area contributed by atoms with E-state index in [0.29, 0.717) is 17.5 Å². The van der Waals surface area contributed by atoms with Crippen LogP contribution in [0.1, 0.15) is 50.8 Å². The van der Waals surface area contributed by atoms with Crippen LogP contribution in [0.4, 0.5) is 4.39 Å². The Morgan fingerprint density at radius 1 is 0.939 bits per heavy atom. The van der Waals surface area contributed by atoms with Crippen molar-refractivity contribution in [3.8, 4) is 0 Å². The summed E-state index contributed by atoms with van der Waals surface area (Å²) in [7, 11) is -4.07. The average molecular weight is 698 g/mol. The molecule has 0 spiro atoms. The predicted molar refractivity (Wildman–Crippen MR) is 187 cm³/mol. The van der Waals surface area contributed by atoms with Crippen LogP contribution < -0.4 is 16.0 Å². The van der Waals surface area contributed by atoms with Crippen molar-refractivity contribution in [2.24, 2.45) is 17.0 Å². The number of aliphatic hydroxyl groups is 1. The van der Waals surface area contributed by atoms with Gasteiger partial charge in [-0.15, -0.1) is 0 Å². The van der Waals surface area contributed by atoms with Crippen molar-refractivity contribution in [3.05, 3.63) is 101 Å². The number of sulfonamides is 1. The minimum atomic E-state index is -4.07. The van der Waals surface area contributed by atoms with Crippen molar-refractivity contribution >= 4 is 28.1 Å². The van der Waals surface area contributed by atoms with Gasteiger partial charge in [0, 0.05) is 19.6 Å². The summed E-state index contributed by atoms with van der Waals surface area (Å²) >= 11 is 0. The third-order valence-corrected chi connectivity index (χ3v) is 9.94. The summed E-state index contributed by atoms with van der Waals surface area (Å²) < 4.78 is 42.3. The molecule has 0 aliphatic heterocycles. The molecule has 0 aliphatic carbocycles. The lowest BCUT2D eigenvalue weighted by molar-refractivity contribution is -0.131. The van der Waals surface area contributed by atoms with E-state index < -0.39 is 40.0 Å². The van der Waals surface area contributed by atoms with Gasteiger partial charge in [0.25, 0.3) is 0 Å². The average Bonchev–Trinajstić information content (AvgIpc) is 3.07. The van der Waals surface area contributed by atoms with Crippen molar-refractivity contribution in [2.45, 2.75) is 70.2 Å². The third-order valence-electron chi connectivity index (χ3n) is 8.09. The van der Waals surface area contributed by atoms with Crippen LogP contribution in [0.3, 0.4) is 0 Å². The van der Waals surface area contributed by atoms with Crippen LogP contribution in [0, 0.1) is 17.7 Å². The number of benzene rings is 3. The van der Waals surface area contributed by atoms with Gasteiger partial charge in [0.05, 0.1) is 29.8 Å². The number of carbonyl (C=O) groups excluding carboxylic acids is 2. The molecule has 2 amide bonds. The summed E-state index contributed by atoms with van der Waals surface area (Å²) in [5.74, 6) is -1.66. The van der Waals surface area contributed by atoms with Crippen molar-refractivity contribution in [3.63, 3.8) is 0 Å². The molecule has 3 aromatic rings. The van der Waals surface area contributed by atoms with E-state index in [0.717, 1.165) is 5.56 Å². The van der Waals surface area contributed by atoms with Crippen molar-refractivity contribution in [1.29, 1.82) is 0 Å². The number of hydrogen-bond acceptors (Lipinski definition) is 8. The molecule has 0 saturated heterocycles. The van der Waals surface area contributed by atoms with Crippen LogP contribution in [-0.4, -0.2) is 78.9 Å². The normalized spacial score (nSPS) is 14.4. The third kappa shape index (κ3) is 12.3. The zero-order valence-electron chi connectivity index (χ0n) is 28.4. The SMILES string of the molecule is CCC(C)C(NC(=O)CNCc1cccc(F)c1)C(=O)N[C@@H](Cc1ccccc1)[C@H](O)CN(CC(C)C)S(=O)(=O)c1ccc(/C=N/O)cc1. The number of amides is 2. The Kier molecular flexibility index (Phi) is 15.3. The number of nitrogens with one attached hydrogen (secondary N) is 3. The molecule has 4 atom stereocenters. The maximum absolute atomic E-state index is 13.8. The van der Waals surface area contributed by atoms with Gasteiger partial charge in [0.15, 0.2) is 0 Å². The minimum absolute atomic E-state index is 0.00430. The molecule has 0 heterocycles. The summed E-state index contributed by atoms with van der Waals surface area (Å²) in [4.78, 5) is 26.8. The zero-order valence-corrected chi connectivity index (χ0v) is 29.2. The van der Waals surface area contributed by atoms with E-state index in [1.54, 1.807) is 12.1 Å². The van der Waals surface area contributed by atoms with Gasteiger partial charge in [-0.25, -0.2) is 12.8 Å². The van der Waals surface area contributed by atoms with Gasteiger partial charge in [-0.1, -0.05) is 93.9 Å². The lowest BCUT2D eigenvalue weighted by Gasteiger charge is -2.32. The highest BCUT2D eigenvalue weighted by molar-refractivity contribution is 7.89. The lowest BCUT2D eigenvalue weighted by Crippen LogP contribution is -2.57. The summed E-state index contributed by atoms with van der Waals surface area (Å²) in [6.07, 6.45) is 0.639. The monoisotopic (exact) mass is 697 g/mol. The second-order valence-corrected chi connectivity index (χ2v) is 14.5. The Morgan fingerprint density at radius 2 is 1.61 bits per heavy atom. The molecule has 0 aliphatic rings. The number of oxime groups is 1. The van der Waals surface area contributed by atoms with E-state index in [2.05, 4.69) is 21.1 Å². The second kappa shape index (κ2) is 19.1. The molecule has 0 aromatic heterocycles. The summed E-state index contributed by atoms with van der Waals surface area (Å²) in [6.45, 7) is 7.42. The zero-order chi connectivity index (χ0) is 36.0. The van der Waals surface area contributed by atoms with Crippen LogP contribution in [-0.2, 0) is 32.6 Å². The number of rotatable bonds is 19. The van der Waals surface area contributed by atoms with Gasteiger partial charge in [0.2, 0.25) is 21.8 Å². The maximum Gasteiger partial charge on any atom is 0.243 e. The van der Waals surface area contributed by atoms with Crippen LogP contribution in [0.25, 0.3) is 0 Å². The highest BCUT2D eigenvalue weighted by Crippen LogP contribution is 2.20. The summed E-state index contributed by atoms with van der Waals surface area (Å²) in [5, 5.41) is 32.1. The first-order chi connectivity index (χ1) is 23.3. The molecule has 3 rings (SSSR count). The highest BCUT2D eigenvalue weighted by Gasteiger charge is 2.34. The molecule has 0 bridgehead atoms. The van der Waals surface area contributed by atoms with Crippen molar-refractivity contribution < 1.29 is 32.7 Å².